The number of fused-ring (bicyclic) bond motifs is 1. The Bertz CT molecular complexity index is 838. The van der Waals surface area contributed by atoms with Gasteiger partial charge in [-0.25, -0.2) is 4.39 Å². The lowest BCUT2D eigenvalue weighted by Gasteiger charge is -2.38. The van der Waals surface area contributed by atoms with E-state index in [4.69, 9.17) is 21.1 Å². The van der Waals surface area contributed by atoms with Gasteiger partial charge in [0.15, 0.2) is 0 Å². The van der Waals surface area contributed by atoms with Crippen molar-refractivity contribution in [1.29, 1.82) is 0 Å². The number of rotatable bonds is 4. The van der Waals surface area contributed by atoms with E-state index in [-0.39, 0.29) is 18.4 Å². The monoisotopic (exact) mass is 377 g/mol. The quantitative estimate of drug-likeness (QED) is 0.856. The highest BCUT2D eigenvalue weighted by Crippen LogP contribution is 2.41. The highest BCUT2D eigenvalue weighted by atomic mass is 35.5. The first-order chi connectivity index (χ1) is 12.3. The number of ether oxygens (including phenoxy) is 2. The lowest BCUT2D eigenvalue weighted by Crippen LogP contribution is -2.41. The van der Waals surface area contributed by atoms with Gasteiger partial charge in [-0.15, -0.1) is 0 Å². The van der Waals surface area contributed by atoms with Crippen LogP contribution in [0.5, 0.6) is 11.5 Å². The summed E-state index contributed by atoms with van der Waals surface area (Å²) < 4.78 is 25.2. The van der Waals surface area contributed by atoms with Gasteiger partial charge in [-0.05, 0) is 43.7 Å². The van der Waals surface area contributed by atoms with E-state index in [2.05, 4.69) is 5.32 Å². The molecule has 2 aromatic rings. The first kappa shape index (κ1) is 18.5. The Morgan fingerprint density at radius 2 is 2.12 bits per heavy atom. The van der Waals surface area contributed by atoms with Gasteiger partial charge in [0.2, 0.25) is 5.91 Å². The van der Waals surface area contributed by atoms with E-state index in [1.54, 1.807) is 13.2 Å². The molecule has 26 heavy (non-hydrogen) atoms. The topological polar surface area (TPSA) is 47.6 Å². The molecule has 0 bridgehead atoms. The molecule has 1 N–H and O–H groups in total. The number of benzene rings is 2. The summed E-state index contributed by atoms with van der Waals surface area (Å²) in [5, 5.41) is 3.31. The zero-order valence-corrected chi connectivity index (χ0v) is 15.7. The molecule has 138 valence electrons. The van der Waals surface area contributed by atoms with E-state index < -0.39 is 11.4 Å². The smallest absolute Gasteiger partial charge is 0.225 e. The molecular weight excluding hydrogens is 357 g/mol. The molecule has 4 nitrogen and oxygen atoms in total. The summed E-state index contributed by atoms with van der Waals surface area (Å²) in [7, 11) is 1.59. The number of carbonyl (C=O) groups is 1. The fourth-order valence-corrected chi connectivity index (χ4v) is 3.33. The van der Waals surface area contributed by atoms with Gasteiger partial charge in [-0.2, -0.15) is 0 Å². The minimum Gasteiger partial charge on any atom is -0.497 e. The summed E-state index contributed by atoms with van der Waals surface area (Å²) in [6, 6.07) is 9.63. The molecule has 3 rings (SSSR count). The van der Waals surface area contributed by atoms with Gasteiger partial charge in [0.1, 0.15) is 22.9 Å². The van der Waals surface area contributed by atoms with Crippen molar-refractivity contribution in [1.82, 2.24) is 5.32 Å². The van der Waals surface area contributed by atoms with Crippen LogP contribution in [-0.4, -0.2) is 18.6 Å². The molecule has 0 saturated heterocycles. The molecule has 1 aliphatic heterocycles. The third kappa shape index (κ3) is 4.10. The van der Waals surface area contributed by atoms with Crippen LogP contribution in [0.3, 0.4) is 0 Å². The zero-order valence-electron chi connectivity index (χ0n) is 14.9. The largest absolute Gasteiger partial charge is 0.497 e. The van der Waals surface area contributed by atoms with Crippen molar-refractivity contribution in [3.63, 3.8) is 0 Å². The average Bonchev–Trinajstić information content (AvgIpc) is 2.55. The lowest BCUT2D eigenvalue weighted by atomic mass is 9.89. The van der Waals surface area contributed by atoms with Crippen molar-refractivity contribution in [2.24, 2.45) is 0 Å². The van der Waals surface area contributed by atoms with Gasteiger partial charge in [0.25, 0.3) is 0 Å². The van der Waals surface area contributed by atoms with E-state index in [0.29, 0.717) is 28.5 Å². The van der Waals surface area contributed by atoms with E-state index in [1.807, 2.05) is 32.0 Å². The molecule has 1 heterocycles. The molecule has 0 aromatic heterocycles. The lowest BCUT2D eigenvalue weighted by molar-refractivity contribution is -0.121. The average molecular weight is 378 g/mol. The molecule has 0 radical (unpaired) electrons. The van der Waals surface area contributed by atoms with Crippen LogP contribution in [0.2, 0.25) is 5.02 Å². The van der Waals surface area contributed by atoms with E-state index >= 15 is 0 Å². The molecule has 0 fully saturated rings. The normalized spacial score (nSPS) is 17.8. The maximum absolute atomic E-state index is 13.9. The summed E-state index contributed by atoms with van der Waals surface area (Å²) in [5.41, 5.74) is 0.756. The molecule has 1 atom stereocenters. The molecule has 0 unspecified atom stereocenters. The van der Waals surface area contributed by atoms with Crippen LogP contribution in [0.25, 0.3) is 0 Å². The third-order valence-corrected chi connectivity index (χ3v) is 4.61. The standard InChI is InChI=1S/C20H21ClFNO3/c1-20(2)11-17(15-7-6-14(25-3)10-18(15)26-20)23-19(24)8-12-4-5-13(21)9-16(12)22/h4-7,9-10,17H,8,11H2,1-3H3,(H,23,24)/t17-/m1/s1. The minimum absolute atomic E-state index is 0.0493. The van der Waals surface area contributed by atoms with Crippen LogP contribution in [0, 0.1) is 5.82 Å². The van der Waals surface area contributed by atoms with Gasteiger partial charge >= 0.3 is 0 Å². The molecule has 1 aliphatic rings. The highest BCUT2D eigenvalue weighted by molar-refractivity contribution is 6.30. The Morgan fingerprint density at radius 3 is 2.81 bits per heavy atom. The number of halogens is 2. The van der Waals surface area contributed by atoms with Gasteiger partial charge in [0, 0.05) is 23.1 Å². The van der Waals surface area contributed by atoms with Crippen molar-refractivity contribution < 1.29 is 18.7 Å². The number of nitrogens with one attached hydrogen (secondary N) is 1. The second-order valence-corrected chi connectivity index (χ2v) is 7.44. The fourth-order valence-electron chi connectivity index (χ4n) is 3.17. The van der Waals surface area contributed by atoms with Gasteiger partial charge < -0.3 is 14.8 Å². The van der Waals surface area contributed by atoms with E-state index in [9.17, 15) is 9.18 Å². The maximum Gasteiger partial charge on any atom is 0.225 e. The van der Waals surface area contributed by atoms with Crippen LogP contribution in [0.4, 0.5) is 4.39 Å². The number of carbonyl (C=O) groups excluding carboxylic acids is 1. The van der Waals surface area contributed by atoms with Gasteiger partial charge in [-0.1, -0.05) is 17.7 Å². The molecule has 2 aromatic carbocycles. The van der Waals surface area contributed by atoms with Gasteiger partial charge in [0.05, 0.1) is 19.6 Å². The summed E-state index contributed by atoms with van der Waals surface area (Å²) >= 11 is 5.76. The fraction of sp³-hybridized carbons (Fsp3) is 0.350. The Hall–Kier alpha value is -2.27. The predicted molar refractivity (Wildman–Crippen MR) is 98.3 cm³/mol. The number of amides is 1. The second-order valence-electron chi connectivity index (χ2n) is 7.00. The third-order valence-electron chi connectivity index (χ3n) is 4.38. The van der Waals surface area contributed by atoms with Crippen molar-refractivity contribution in [2.45, 2.75) is 38.3 Å². The Kier molecular flexibility index (Phi) is 5.10. The van der Waals surface area contributed by atoms with Crippen LogP contribution in [-0.2, 0) is 11.2 Å². The number of hydrogen-bond acceptors (Lipinski definition) is 3. The Morgan fingerprint density at radius 1 is 1.35 bits per heavy atom. The van der Waals surface area contributed by atoms with E-state index in [0.717, 1.165) is 5.56 Å². The predicted octanol–water partition coefficient (Wildman–Crippen LogP) is 4.45. The second kappa shape index (κ2) is 7.16. The van der Waals surface area contributed by atoms with Crippen LogP contribution >= 0.6 is 11.6 Å². The maximum atomic E-state index is 13.9. The number of hydrogen-bond donors (Lipinski definition) is 1. The summed E-state index contributed by atoms with van der Waals surface area (Å²) in [6.45, 7) is 3.93. The SMILES string of the molecule is COc1ccc2c(c1)OC(C)(C)C[C@H]2NC(=O)Cc1ccc(Cl)cc1F. The Balaban J connectivity index is 1.79. The minimum atomic E-state index is -0.481. The zero-order chi connectivity index (χ0) is 18.9. The van der Waals surface area contributed by atoms with Crippen molar-refractivity contribution in [3.05, 3.63) is 58.4 Å². The highest BCUT2D eigenvalue weighted by Gasteiger charge is 2.34. The van der Waals surface area contributed by atoms with Crippen LogP contribution in [0.15, 0.2) is 36.4 Å². The van der Waals surface area contributed by atoms with Crippen molar-refractivity contribution >= 4 is 17.5 Å². The molecule has 6 heteroatoms. The summed E-state index contributed by atoms with van der Waals surface area (Å²) in [5.74, 6) is 0.638. The van der Waals surface area contributed by atoms with Crippen molar-refractivity contribution in [3.8, 4) is 11.5 Å². The molecule has 0 aliphatic carbocycles. The number of methoxy groups -OCH3 is 1. The Labute approximate surface area is 157 Å². The van der Waals surface area contributed by atoms with Crippen LogP contribution in [0.1, 0.15) is 37.4 Å². The molecular formula is C20H21ClFNO3. The molecule has 1 amide bonds. The first-order valence-corrected chi connectivity index (χ1v) is 8.75. The van der Waals surface area contributed by atoms with Crippen LogP contribution < -0.4 is 14.8 Å². The van der Waals surface area contributed by atoms with Crippen molar-refractivity contribution in [2.75, 3.05) is 7.11 Å². The summed E-state index contributed by atoms with van der Waals surface area (Å²) in [6.07, 6.45) is 0.563. The van der Waals surface area contributed by atoms with Gasteiger partial charge in [-0.3, -0.25) is 4.79 Å². The molecule has 0 saturated carbocycles. The summed E-state index contributed by atoms with van der Waals surface area (Å²) in [4.78, 5) is 12.5. The van der Waals surface area contributed by atoms with E-state index in [1.165, 1.54) is 12.1 Å². The first-order valence-electron chi connectivity index (χ1n) is 8.38. The molecule has 0 spiro atoms.